The molecule has 1 aromatic rings. The molecule has 1 fully saturated rings. The number of aryl methyl sites for hydroxylation is 1. The van der Waals surface area contributed by atoms with Gasteiger partial charge in [-0.1, -0.05) is 18.3 Å². The summed E-state index contributed by atoms with van der Waals surface area (Å²) in [6, 6.07) is -0.238. The summed E-state index contributed by atoms with van der Waals surface area (Å²) >= 11 is 1.40. The van der Waals surface area contributed by atoms with Crippen molar-refractivity contribution in [3.8, 4) is 0 Å². The van der Waals surface area contributed by atoms with Gasteiger partial charge in [0.25, 0.3) is 0 Å². The van der Waals surface area contributed by atoms with Crippen molar-refractivity contribution in [1.29, 1.82) is 0 Å². The minimum Gasteiger partial charge on any atom is -0.343 e. The van der Waals surface area contributed by atoms with Gasteiger partial charge in [0, 0.05) is 26.2 Å². The minimum atomic E-state index is -0.238. The third-order valence-corrected chi connectivity index (χ3v) is 4.41. The molecule has 1 aliphatic heterocycles. The number of hydrogen-bond donors (Lipinski definition) is 1. The predicted molar refractivity (Wildman–Crippen MR) is 76.6 cm³/mol. The van der Waals surface area contributed by atoms with Gasteiger partial charge in [-0.3, -0.25) is 19.8 Å². The van der Waals surface area contributed by atoms with Gasteiger partial charge in [-0.05, 0) is 13.3 Å². The lowest BCUT2D eigenvalue weighted by Gasteiger charge is -2.35. The van der Waals surface area contributed by atoms with Gasteiger partial charge in [0.2, 0.25) is 17.4 Å². The Kier molecular flexibility index (Phi) is 5.02. The van der Waals surface area contributed by atoms with E-state index in [1.54, 1.807) is 4.90 Å². The molecule has 1 atom stereocenters. The zero-order valence-corrected chi connectivity index (χ0v) is 12.5. The highest BCUT2D eigenvalue weighted by Crippen LogP contribution is 2.16. The number of carbonyl (C=O) groups is 2. The lowest BCUT2D eigenvalue weighted by molar-refractivity contribution is -0.123. The van der Waals surface area contributed by atoms with E-state index in [0.29, 0.717) is 31.3 Å². The molecular weight excluding hydrogens is 278 g/mol. The summed E-state index contributed by atoms with van der Waals surface area (Å²) in [5.41, 5.74) is 0. The first-order chi connectivity index (χ1) is 9.63. The highest BCUT2D eigenvalue weighted by molar-refractivity contribution is 7.15. The molecule has 0 aromatic carbocycles. The van der Waals surface area contributed by atoms with Crippen molar-refractivity contribution in [1.82, 2.24) is 20.0 Å². The quantitative estimate of drug-likeness (QED) is 0.786. The highest BCUT2D eigenvalue weighted by atomic mass is 32.1. The van der Waals surface area contributed by atoms with Crippen molar-refractivity contribution in [2.75, 3.05) is 31.5 Å². The van der Waals surface area contributed by atoms with E-state index in [9.17, 15) is 9.59 Å². The molecule has 0 aliphatic carbocycles. The molecule has 1 N–H and O–H groups in total. The average molecular weight is 297 g/mol. The molecule has 8 heteroatoms. The standard InChI is InChI=1S/C12H19N5O2S/c1-3-10-14-15-12(20-10)13-11(19)9(2)17-6-4-16(8-18)5-7-17/h8-9H,3-7H2,1-2H3,(H,13,15,19). The number of carbonyl (C=O) groups excluding carboxylic acids is 2. The van der Waals surface area contributed by atoms with Gasteiger partial charge < -0.3 is 4.90 Å². The van der Waals surface area contributed by atoms with Crippen LogP contribution in [0.3, 0.4) is 0 Å². The van der Waals surface area contributed by atoms with Gasteiger partial charge in [-0.25, -0.2) is 0 Å². The first-order valence-electron chi connectivity index (χ1n) is 6.70. The zero-order valence-electron chi connectivity index (χ0n) is 11.7. The van der Waals surface area contributed by atoms with Crippen molar-refractivity contribution < 1.29 is 9.59 Å². The Morgan fingerprint density at radius 1 is 1.40 bits per heavy atom. The van der Waals surface area contributed by atoms with Crippen LogP contribution in [0.2, 0.25) is 0 Å². The molecule has 7 nitrogen and oxygen atoms in total. The third-order valence-electron chi connectivity index (χ3n) is 3.42. The number of rotatable bonds is 5. The molecule has 1 aliphatic rings. The number of hydrogen-bond acceptors (Lipinski definition) is 6. The number of nitrogens with zero attached hydrogens (tertiary/aromatic N) is 4. The highest BCUT2D eigenvalue weighted by Gasteiger charge is 2.25. The summed E-state index contributed by atoms with van der Waals surface area (Å²) in [6.45, 7) is 6.63. The third kappa shape index (κ3) is 3.51. The smallest absolute Gasteiger partial charge is 0.243 e. The SMILES string of the molecule is CCc1nnc(NC(=O)C(C)N2CCN(C=O)CC2)s1. The number of anilines is 1. The van der Waals surface area contributed by atoms with Gasteiger partial charge in [0.1, 0.15) is 5.01 Å². The number of piperazine rings is 1. The first kappa shape index (κ1) is 14.9. The normalized spacial score (nSPS) is 17.8. The molecule has 0 radical (unpaired) electrons. The van der Waals surface area contributed by atoms with Crippen LogP contribution in [0, 0.1) is 0 Å². The Morgan fingerprint density at radius 3 is 2.65 bits per heavy atom. The van der Waals surface area contributed by atoms with Gasteiger partial charge in [-0.15, -0.1) is 10.2 Å². The van der Waals surface area contributed by atoms with Crippen LogP contribution < -0.4 is 5.32 Å². The second kappa shape index (κ2) is 6.76. The molecule has 1 saturated heterocycles. The van der Waals surface area contributed by atoms with E-state index >= 15 is 0 Å². The molecule has 2 heterocycles. The number of amides is 2. The van der Waals surface area contributed by atoms with Crippen LogP contribution >= 0.6 is 11.3 Å². The Labute approximate surface area is 122 Å². The van der Waals surface area contributed by atoms with E-state index in [2.05, 4.69) is 20.4 Å². The molecule has 0 bridgehead atoms. The van der Waals surface area contributed by atoms with E-state index in [1.165, 1.54) is 11.3 Å². The van der Waals surface area contributed by atoms with E-state index < -0.39 is 0 Å². The van der Waals surface area contributed by atoms with Gasteiger partial charge >= 0.3 is 0 Å². The van der Waals surface area contributed by atoms with Crippen molar-refractivity contribution in [2.24, 2.45) is 0 Å². The Morgan fingerprint density at radius 2 is 2.10 bits per heavy atom. The summed E-state index contributed by atoms with van der Waals surface area (Å²) in [6.07, 6.45) is 1.67. The van der Waals surface area contributed by atoms with E-state index in [1.807, 2.05) is 13.8 Å². The zero-order chi connectivity index (χ0) is 14.5. The van der Waals surface area contributed by atoms with Crippen molar-refractivity contribution >= 4 is 28.8 Å². The monoisotopic (exact) mass is 297 g/mol. The maximum absolute atomic E-state index is 12.2. The maximum Gasteiger partial charge on any atom is 0.243 e. The molecule has 1 aromatic heterocycles. The number of nitrogens with one attached hydrogen (secondary N) is 1. The summed E-state index contributed by atoms with van der Waals surface area (Å²) in [7, 11) is 0. The second-order valence-electron chi connectivity index (χ2n) is 4.70. The fourth-order valence-electron chi connectivity index (χ4n) is 2.05. The van der Waals surface area contributed by atoms with Crippen LogP contribution in [-0.2, 0) is 16.0 Å². The Balaban J connectivity index is 1.87. The van der Waals surface area contributed by atoms with Crippen molar-refractivity contribution in [3.63, 3.8) is 0 Å². The summed E-state index contributed by atoms with van der Waals surface area (Å²) in [5, 5.41) is 12.2. The Bertz CT molecular complexity index is 470. The van der Waals surface area contributed by atoms with Gasteiger partial charge in [-0.2, -0.15) is 0 Å². The molecule has 2 amide bonds. The second-order valence-corrected chi connectivity index (χ2v) is 5.76. The maximum atomic E-state index is 12.2. The van der Waals surface area contributed by atoms with E-state index in [0.717, 1.165) is 17.8 Å². The van der Waals surface area contributed by atoms with E-state index in [4.69, 9.17) is 0 Å². The van der Waals surface area contributed by atoms with Crippen LogP contribution in [-0.4, -0.2) is 64.5 Å². The summed E-state index contributed by atoms with van der Waals surface area (Å²) in [5.74, 6) is -0.0802. The van der Waals surface area contributed by atoms with Crippen LogP contribution in [0.15, 0.2) is 0 Å². The average Bonchev–Trinajstić information content (AvgIpc) is 2.94. The van der Waals surface area contributed by atoms with E-state index in [-0.39, 0.29) is 11.9 Å². The van der Waals surface area contributed by atoms with Crippen LogP contribution in [0.5, 0.6) is 0 Å². The van der Waals surface area contributed by atoms with Crippen LogP contribution in [0.4, 0.5) is 5.13 Å². The summed E-state index contributed by atoms with van der Waals surface area (Å²) in [4.78, 5) is 26.6. The lowest BCUT2D eigenvalue weighted by atomic mass is 10.2. The fraction of sp³-hybridized carbons (Fsp3) is 0.667. The fourth-order valence-corrected chi connectivity index (χ4v) is 2.74. The Hall–Kier alpha value is -1.54. The lowest BCUT2D eigenvalue weighted by Crippen LogP contribution is -2.52. The minimum absolute atomic E-state index is 0.0802. The first-order valence-corrected chi connectivity index (χ1v) is 7.52. The molecule has 110 valence electrons. The molecule has 20 heavy (non-hydrogen) atoms. The summed E-state index contributed by atoms with van der Waals surface area (Å²) < 4.78 is 0. The van der Waals surface area contributed by atoms with Gasteiger partial charge in [0.15, 0.2) is 0 Å². The molecular formula is C12H19N5O2S. The van der Waals surface area contributed by atoms with Crippen LogP contribution in [0.25, 0.3) is 0 Å². The van der Waals surface area contributed by atoms with Gasteiger partial charge in [0.05, 0.1) is 6.04 Å². The molecule has 2 rings (SSSR count). The largest absolute Gasteiger partial charge is 0.343 e. The predicted octanol–water partition coefficient (Wildman–Crippen LogP) is 0.202. The molecule has 0 spiro atoms. The van der Waals surface area contributed by atoms with Crippen LogP contribution in [0.1, 0.15) is 18.9 Å². The van der Waals surface area contributed by atoms with Crippen molar-refractivity contribution in [2.45, 2.75) is 26.3 Å². The van der Waals surface area contributed by atoms with Crippen molar-refractivity contribution in [3.05, 3.63) is 5.01 Å². The molecule has 1 unspecified atom stereocenters. The number of aromatic nitrogens is 2. The molecule has 0 saturated carbocycles. The topological polar surface area (TPSA) is 78.4 Å².